The highest BCUT2D eigenvalue weighted by Gasteiger charge is 2.23. The van der Waals surface area contributed by atoms with E-state index in [0.29, 0.717) is 0 Å². The summed E-state index contributed by atoms with van der Waals surface area (Å²) in [4.78, 5) is 0. The van der Waals surface area contributed by atoms with Crippen molar-refractivity contribution in [1.82, 2.24) is 0 Å². The van der Waals surface area contributed by atoms with Crippen LogP contribution in [0.4, 0.5) is 0 Å². The maximum atomic E-state index is 5.11. The third kappa shape index (κ3) is 0.597. The van der Waals surface area contributed by atoms with Gasteiger partial charge < -0.3 is 0 Å². The molecule has 0 aliphatic heterocycles. The van der Waals surface area contributed by atoms with E-state index in [4.69, 9.17) is 5.84 Å². The highest BCUT2D eigenvalue weighted by molar-refractivity contribution is 4.67. The van der Waals surface area contributed by atoms with Crippen molar-refractivity contribution in [2.45, 2.75) is 18.9 Å². The monoisotopic (exact) mass is 73.1 g/mol. The predicted molar refractivity (Wildman–Crippen MR) is 19.1 cm³/mol. The second-order valence-electron chi connectivity index (χ2n) is 1.53. The molecule has 2 heteroatoms. The Morgan fingerprint density at radius 1 is 1.60 bits per heavy atom. The fourth-order valence-corrected chi connectivity index (χ4v) is 0.289. The van der Waals surface area contributed by atoms with E-state index in [1.807, 2.05) is 0 Å². The largest absolute Gasteiger partial charge is 0.269 e. The van der Waals surface area contributed by atoms with Gasteiger partial charge in [-0.3, -0.25) is 5.43 Å². The van der Waals surface area contributed by atoms with Crippen molar-refractivity contribution >= 4 is 0 Å². The lowest BCUT2D eigenvalue weighted by Gasteiger charge is -1.77. The van der Waals surface area contributed by atoms with Crippen LogP contribution in [0.25, 0.3) is 0 Å². The quantitative estimate of drug-likeness (QED) is 0.290. The number of nitrogens with two attached hydrogens (primary N) is 2. The first kappa shape index (κ1) is 3.12. The normalized spacial score (nSPS) is 23.4. The van der Waals surface area contributed by atoms with Crippen molar-refractivity contribution in [3.63, 3.8) is 0 Å². The molecular weight excluding hydrogens is 64.0 g/mol. The molecular formula is C3H9N2+. The maximum Gasteiger partial charge on any atom is 0.103 e. The SMILES string of the molecule is N[NH2+]C1CC1. The van der Waals surface area contributed by atoms with Crippen molar-refractivity contribution in [3.05, 3.63) is 0 Å². The van der Waals surface area contributed by atoms with Gasteiger partial charge in [0.1, 0.15) is 6.04 Å². The lowest BCUT2D eigenvalue weighted by atomic mass is 10.8. The van der Waals surface area contributed by atoms with Gasteiger partial charge in [0.2, 0.25) is 0 Å². The van der Waals surface area contributed by atoms with Crippen LogP contribution in [0.15, 0.2) is 0 Å². The van der Waals surface area contributed by atoms with Crippen molar-refractivity contribution < 1.29 is 5.43 Å². The van der Waals surface area contributed by atoms with E-state index in [1.165, 1.54) is 12.8 Å². The number of rotatable bonds is 1. The Morgan fingerprint density at radius 2 is 2.20 bits per heavy atom. The Labute approximate surface area is 31.3 Å². The zero-order valence-corrected chi connectivity index (χ0v) is 3.15. The Balaban J connectivity index is 2.00. The Hall–Kier alpha value is -0.0800. The molecule has 0 aromatic rings. The minimum absolute atomic E-state index is 0.787. The summed E-state index contributed by atoms with van der Waals surface area (Å²) in [5, 5.41) is 0. The molecule has 4 N–H and O–H groups in total. The topological polar surface area (TPSA) is 42.6 Å². The molecule has 1 saturated carbocycles. The van der Waals surface area contributed by atoms with Crippen molar-refractivity contribution in [2.24, 2.45) is 5.84 Å². The van der Waals surface area contributed by atoms with Crippen molar-refractivity contribution in [3.8, 4) is 0 Å². The lowest BCUT2D eigenvalue weighted by molar-refractivity contribution is -0.680. The van der Waals surface area contributed by atoms with Gasteiger partial charge in [0.25, 0.3) is 0 Å². The average molecular weight is 73.1 g/mol. The van der Waals surface area contributed by atoms with Crippen LogP contribution in [0.3, 0.4) is 0 Å². The molecule has 0 bridgehead atoms. The summed E-state index contributed by atoms with van der Waals surface area (Å²) in [7, 11) is 0. The molecule has 1 rings (SSSR count). The van der Waals surface area contributed by atoms with Crippen LogP contribution >= 0.6 is 0 Å². The summed E-state index contributed by atoms with van der Waals surface area (Å²) >= 11 is 0. The number of hydrogen-bond acceptors (Lipinski definition) is 1. The zero-order chi connectivity index (χ0) is 3.70. The molecule has 0 radical (unpaired) electrons. The standard InChI is InChI=1S/C3H8N2/c4-5-3-1-2-3/h3,5H,1-2,4H2/p+1. The number of quaternary nitrogens is 1. The van der Waals surface area contributed by atoms with Gasteiger partial charge >= 0.3 is 0 Å². The van der Waals surface area contributed by atoms with E-state index in [9.17, 15) is 0 Å². The molecule has 0 amide bonds. The summed E-state index contributed by atoms with van der Waals surface area (Å²) in [6.45, 7) is 0. The molecule has 0 spiro atoms. The zero-order valence-electron chi connectivity index (χ0n) is 3.15. The molecule has 0 aromatic heterocycles. The highest BCUT2D eigenvalue weighted by atomic mass is 15.2. The lowest BCUT2D eigenvalue weighted by Crippen LogP contribution is -2.92. The van der Waals surface area contributed by atoms with Crippen LogP contribution in [-0.2, 0) is 0 Å². The Bertz CT molecular complexity index is 31.9. The second-order valence-corrected chi connectivity index (χ2v) is 1.53. The van der Waals surface area contributed by atoms with Crippen LogP contribution in [0.1, 0.15) is 12.8 Å². The Kier molecular flexibility index (Phi) is 0.596. The molecule has 1 aliphatic carbocycles. The summed E-state index contributed by atoms with van der Waals surface area (Å²) in [6.07, 6.45) is 2.66. The van der Waals surface area contributed by atoms with Crippen LogP contribution in [0.2, 0.25) is 0 Å². The van der Waals surface area contributed by atoms with Crippen LogP contribution < -0.4 is 11.3 Å². The van der Waals surface area contributed by atoms with Crippen LogP contribution in [-0.4, -0.2) is 6.04 Å². The minimum atomic E-state index is 0.787. The van der Waals surface area contributed by atoms with E-state index < -0.39 is 0 Å². The first-order valence-corrected chi connectivity index (χ1v) is 1.98. The van der Waals surface area contributed by atoms with Crippen molar-refractivity contribution in [2.75, 3.05) is 0 Å². The first-order valence-electron chi connectivity index (χ1n) is 1.98. The summed E-state index contributed by atoms with van der Waals surface area (Å²) in [5.41, 5.74) is 1.78. The van der Waals surface area contributed by atoms with E-state index >= 15 is 0 Å². The van der Waals surface area contributed by atoms with Crippen LogP contribution in [0, 0.1) is 0 Å². The smallest absolute Gasteiger partial charge is 0.103 e. The van der Waals surface area contributed by atoms with E-state index in [0.717, 1.165) is 6.04 Å². The molecule has 0 unspecified atom stereocenters. The molecule has 0 atom stereocenters. The van der Waals surface area contributed by atoms with Gasteiger partial charge in [-0.25, -0.2) is 0 Å². The summed E-state index contributed by atoms with van der Waals surface area (Å²) in [6, 6.07) is 0.787. The summed E-state index contributed by atoms with van der Waals surface area (Å²) in [5.74, 6) is 5.11. The molecule has 0 heterocycles. The maximum absolute atomic E-state index is 5.11. The van der Waals surface area contributed by atoms with E-state index in [2.05, 4.69) is 0 Å². The van der Waals surface area contributed by atoms with Gasteiger partial charge in [-0.05, 0) is 0 Å². The number of hydrogen-bond donors (Lipinski definition) is 2. The van der Waals surface area contributed by atoms with Crippen LogP contribution in [0.5, 0.6) is 0 Å². The van der Waals surface area contributed by atoms with E-state index in [-0.39, 0.29) is 0 Å². The molecule has 0 saturated heterocycles. The third-order valence-electron chi connectivity index (χ3n) is 0.894. The van der Waals surface area contributed by atoms with E-state index in [1.54, 1.807) is 5.43 Å². The molecule has 2 nitrogen and oxygen atoms in total. The fourth-order valence-electron chi connectivity index (χ4n) is 0.289. The molecule has 30 valence electrons. The van der Waals surface area contributed by atoms with Gasteiger partial charge in [0, 0.05) is 12.8 Å². The van der Waals surface area contributed by atoms with Crippen molar-refractivity contribution in [1.29, 1.82) is 0 Å². The predicted octanol–water partition coefficient (Wildman–Crippen LogP) is -1.41. The fraction of sp³-hybridized carbons (Fsp3) is 1.00. The molecule has 0 aromatic carbocycles. The summed E-state index contributed by atoms with van der Waals surface area (Å²) < 4.78 is 0. The van der Waals surface area contributed by atoms with Gasteiger partial charge in [-0.2, -0.15) is 5.84 Å². The van der Waals surface area contributed by atoms with Gasteiger partial charge in [-0.1, -0.05) is 0 Å². The van der Waals surface area contributed by atoms with Gasteiger partial charge in [-0.15, -0.1) is 0 Å². The first-order chi connectivity index (χ1) is 2.43. The Morgan fingerprint density at radius 3 is 2.20 bits per heavy atom. The second kappa shape index (κ2) is 0.954. The molecule has 5 heavy (non-hydrogen) atoms. The van der Waals surface area contributed by atoms with Gasteiger partial charge in [0.15, 0.2) is 0 Å². The highest BCUT2D eigenvalue weighted by Crippen LogP contribution is 2.12. The third-order valence-corrected chi connectivity index (χ3v) is 0.894. The van der Waals surface area contributed by atoms with Gasteiger partial charge in [0.05, 0.1) is 0 Å². The molecule has 1 fully saturated rings. The molecule has 1 aliphatic rings. The minimum Gasteiger partial charge on any atom is -0.269 e. The average Bonchev–Trinajstić information content (AvgIpc) is 2.12.